The smallest absolute Gasteiger partial charge is 0.142 e. The fraction of sp³-hybridized carbons (Fsp3) is 0.0741. The third-order valence-electron chi connectivity index (χ3n) is 5.18. The topological polar surface area (TPSA) is 34.1 Å². The van der Waals surface area contributed by atoms with Crippen molar-refractivity contribution in [3.05, 3.63) is 113 Å². The highest BCUT2D eigenvalue weighted by Crippen LogP contribution is 2.31. The fourth-order valence-electron chi connectivity index (χ4n) is 3.52. The largest absolute Gasteiger partial charge is 0.487 e. The van der Waals surface area contributed by atoms with E-state index in [-0.39, 0.29) is 0 Å². The molecule has 0 atom stereocenters. The molecule has 3 nitrogen and oxygen atoms in total. The second-order valence-electron chi connectivity index (χ2n) is 7.42. The molecule has 0 aliphatic rings. The third kappa shape index (κ3) is 4.62. The number of hydrogen-bond acceptors (Lipinski definition) is 4. The van der Waals surface area contributed by atoms with E-state index in [4.69, 9.17) is 21.3 Å². The summed E-state index contributed by atoms with van der Waals surface area (Å²) in [6, 6.07) is 32.5. The number of thiazole rings is 1. The molecular formula is C27H21ClN2OS. The van der Waals surface area contributed by atoms with Crippen molar-refractivity contribution in [3.63, 3.8) is 0 Å². The highest BCUT2D eigenvalue weighted by molar-refractivity contribution is 7.21. The van der Waals surface area contributed by atoms with Crippen molar-refractivity contribution in [1.29, 1.82) is 0 Å². The van der Waals surface area contributed by atoms with Crippen LogP contribution in [0.2, 0.25) is 5.02 Å². The molecular weight excluding hydrogens is 436 g/mol. The molecule has 0 unspecified atom stereocenters. The molecule has 0 aliphatic heterocycles. The minimum absolute atomic E-state index is 0.422. The number of hydrogen-bond donors (Lipinski definition) is 1. The number of para-hydroxylation sites is 3. The van der Waals surface area contributed by atoms with E-state index in [9.17, 15) is 0 Å². The summed E-state index contributed by atoms with van der Waals surface area (Å²) in [6.07, 6.45) is 0. The van der Waals surface area contributed by atoms with Gasteiger partial charge in [0.2, 0.25) is 0 Å². The van der Waals surface area contributed by atoms with Gasteiger partial charge in [-0.2, -0.15) is 0 Å². The molecule has 0 saturated heterocycles. The van der Waals surface area contributed by atoms with Gasteiger partial charge >= 0.3 is 0 Å². The number of ether oxygens (including phenoxy) is 1. The monoisotopic (exact) mass is 456 g/mol. The molecule has 32 heavy (non-hydrogen) atoms. The van der Waals surface area contributed by atoms with E-state index >= 15 is 0 Å². The lowest BCUT2D eigenvalue weighted by molar-refractivity contribution is 0.307. The first-order valence-corrected chi connectivity index (χ1v) is 11.6. The van der Waals surface area contributed by atoms with Gasteiger partial charge in [0, 0.05) is 22.7 Å². The van der Waals surface area contributed by atoms with Crippen LogP contribution < -0.4 is 10.1 Å². The number of anilines is 1. The van der Waals surface area contributed by atoms with Crippen LogP contribution in [0.3, 0.4) is 0 Å². The van der Waals surface area contributed by atoms with E-state index < -0.39 is 0 Å². The maximum Gasteiger partial charge on any atom is 0.142 e. The maximum absolute atomic E-state index is 6.26. The van der Waals surface area contributed by atoms with E-state index in [1.807, 2.05) is 54.6 Å². The number of rotatable bonds is 7. The minimum Gasteiger partial charge on any atom is -0.487 e. The van der Waals surface area contributed by atoms with Gasteiger partial charge < -0.3 is 10.1 Å². The van der Waals surface area contributed by atoms with Crippen LogP contribution in [0.1, 0.15) is 11.1 Å². The average Bonchev–Trinajstić information content (AvgIpc) is 3.27. The molecule has 0 amide bonds. The third-order valence-corrected chi connectivity index (χ3v) is 6.63. The number of benzene rings is 4. The molecule has 0 radical (unpaired) electrons. The summed E-state index contributed by atoms with van der Waals surface area (Å²) in [4.78, 5) is 4.78. The van der Waals surface area contributed by atoms with Gasteiger partial charge in [-0.1, -0.05) is 72.3 Å². The Morgan fingerprint density at radius 1 is 0.844 bits per heavy atom. The predicted octanol–water partition coefficient (Wildman–Crippen LogP) is 7.81. The fourth-order valence-corrected chi connectivity index (χ4v) is 4.67. The van der Waals surface area contributed by atoms with E-state index in [0.717, 1.165) is 33.1 Å². The highest BCUT2D eigenvalue weighted by atomic mass is 35.5. The van der Waals surface area contributed by atoms with Crippen LogP contribution in [0.15, 0.2) is 97.1 Å². The molecule has 1 N–H and O–H groups in total. The molecule has 5 heteroatoms. The Morgan fingerprint density at radius 3 is 2.56 bits per heavy atom. The summed E-state index contributed by atoms with van der Waals surface area (Å²) in [6.45, 7) is 1.11. The lowest BCUT2D eigenvalue weighted by atomic mass is 10.1. The van der Waals surface area contributed by atoms with Gasteiger partial charge in [0.25, 0.3) is 0 Å². The molecule has 1 aromatic heterocycles. The Labute approximate surface area is 196 Å². The molecule has 1 heterocycles. The SMILES string of the molecule is Clc1ccccc1COc1ccccc1NCc1cccc(-c2nc3ccccc3s2)c1. The predicted molar refractivity (Wildman–Crippen MR) is 135 cm³/mol. The van der Waals surface area contributed by atoms with Crippen LogP contribution in [0.25, 0.3) is 20.8 Å². The van der Waals surface area contributed by atoms with Crippen molar-refractivity contribution in [2.24, 2.45) is 0 Å². The van der Waals surface area contributed by atoms with E-state index in [2.05, 4.69) is 47.8 Å². The molecule has 158 valence electrons. The standard InChI is InChI=1S/C27H21ClN2OS/c28-22-11-2-1-9-21(22)18-31-25-14-5-3-12-23(25)29-17-19-8-7-10-20(16-19)27-30-24-13-4-6-15-26(24)32-27/h1-16,29H,17-18H2. The summed E-state index contributed by atoms with van der Waals surface area (Å²) >= 11 is 7.98. The Balaban J connectivity index is 1.30. The van der Waals surface area contributed by atoms with Crippen molar-refractivity contribution < 1.29 is 4.74 Å². The summed E-state index contributed by atoms with van der Waals surface area (Å²) in [5, 5.41) is 5.26. The minimum atomic E-state index is 0.422. The van der Waals surface area contributed by atoms with Gasteiger partial charge in [-0.25, -0.2) is 4.98 Å². The Hall–Kier alpha value is -3.34. The number of aromatic nitrogens is 1. The Morgan fingerprint density at radius 2 is 1.66 bits per heavy atom. The summed E-state index contributed by atoms with van der Waals surface area (Å²) in [5.41, 5.74) is 5.27. The van der Waals surface area contributed by atoms with Gasteiger partial charge in [-0.05, 0) is 42.0 Å². The lowest BCUT2D eigenvalue weighted by Gasteiger charge is -2.14. The molecule has 0 bridgehead atoms. The molecule has 5 rings (SSSR count). The van der Waals surface area contributed by atoms with E-state index in [0.29, 0.717) is 18.2 Å². The van der Waals surface area contributed by atoms with Gasteiger partial charge in [-0.15, -0.1) is 11.3 Å². The first-order chi connectivity index (χ1) is 15.8. The molecule has 0 aliphatic carbocycles. The van der Waals surface area contributed by atoms with E-state index in [1.54, 1.807) is 11.3 Å². The zero-order chi connectivity index (χ0) is 21.8. The number of halogens is 1. The second-order valence-corrected chi connectivity index (χ2v) is 8.85. The van der Waals surface area contributed by atoms with Crippen LogP contribution in [0, 0.1) is 0 Å². The van der Waals surface area contributed by atoms with Crippen LogP contribution in [-0.2, 0) is 13.2 Å². The Kier molecular flexibility index (Phi) is 6.06. The second kappa shape index (κ2) is 9.43. The average molecular weight is 457 g/mol. The number of fused-ring (bicyclic) bond motifs is 1. The molecule has 5 aromatic rings. The zero-order valence-corrected chi connectivity index (χ0v) is 18.9. The lowest BCUT2D eigenvalue weighted by Crippen LogP contribution is -2.03. The van der Waals surface area contributed by atoms with Gasteiger partial charge in [-0.3, -0.25) is 0 Å². The summed E-state index contributed by atoms with van der Waals surface area (Å²) in [5.74, 6) is 0.801. The molecule has 4 aromatic carbocycles. The van der Waals surface area contributed by atoms with Gasteiger partial charge in [0.1, 0.15) is 17.4 Å². The summed E-state index contributed by atoms with van der Waals surface area (Å²) in [7, 11) is 0. The first kappa shape index (κ1) is 20.6. The summed E-state index contributed by atoms with van der Waals surface area (Å²) < 4.78 is 7.27. The zero-order valence-electron chi connectivity index (χ0n) is 17.3. The van der Waals surface area contributed by atoms with Crippen LogP contribution >= 0.6 is 22.9 Å². The van der Waals surface area contributed by atoms with Crippen LogP contribution in [-0.4, -0.2) is 4.98 Å². The number of nitrogens with zero attached hydrogens (tertiary/aromatic N) is 1. The highest BCUT2D eigenvalue weighted by Gasteiger charge is 2.08. The van der Waals surface area contributed by atoms with Crippen molar-refractivity contribution in [1.82, 2.24) is 4.98 Å². The van der Waals surface area contributed by atoms with Crippen molar-refractivity contribution >= 4 is 38.8 Å². The quantitative estimate of drug-likeness (QED) is 0.271. The molecule has 0 spiro atoms. The van der Waals surface area contributed by atoms with Crippen LogP contribution in [0.4, 0.5) is 5.69 Å². The Bertz CT molecular complexity index is 1330. The van der Waals surface area contributed by atoms with Gasteiger partial charge in [0.05, 0.1) is 15.9 Å². The maximum atomic E-state index is 6.26. The van der Waals surface area contributed by atoms with Crippen LogP contribution in [0.5, 0.6) is 5.75 Å². The number of nitrogens with one attached hydrogen (secondary N) is 1. The van der Waals surface area contributed by atoms with Crippen molar-refractivity contribution in [3.8, 4) is 16.3 Å². The molecule has 0 saturated carbocycles. The van der Waals surface area contributed by atoms with E-state index in [1.165, 1.54) is 10.3 Å². The molecule has 0 fully saturated rings. The van der Waals surface area contributed by atoms with Crippen molar-refractivity contribution in [2.45, 2.75) is 13.2 Å². The van der Waals surface area contributed by atoms with Crippen molar-refractivity contribution in [2.75, 3.05) is 5.32 Å². The van der Waals surface area contributed by atoms with Gasteiger partial charge in [0.15, 0.2) is 0 Å². The first-order valence-electron chi connectivity index (χ1n) is 10.4. The normalized spacial score (nSPS) is 10.9.